The van der Waals surface area contributed by atoms with E-state index < -0.39 is 20.4 Å². The summed E-state index contributed by atoms with van der Waals surface area (Å²) in [6.07, 6.45) is 1.85. The zero-order valence-electron chi connectivity index (χ0n) is 17.7. The molecule has 0 amide bonds. The Morgan fingerprint density at radius 3 is 2.69 bits per heavy atom. The smallest absolute Gasteiger partial charge is 0.354 e. The molecule has 1 fully saturated rings. The van der Waals surface area contributed by atoms with Crippen molar-refractivity contribution >= 4 is 14.5 Å². The molecule has 0 spiro atoms. The Morgan fingerprint density at radius 1 is 1.45 bits per heavy atom. The van der Waals surface area contributed by atoms with Gasteiger partial charge in [0.25, 0.3) is 8.53 Å². The fourth-order valence-electron chi connectivity index (χ4n) is 3.31. The summed E-state index contributed by atoms with van der Waals surface area (Å²) in [7, 11) is -1.40. The van der Waals surface area contributed by atoms with Gasteiger partial charge in [-0.1, -0.05) is 6.92 Å². The maximum absolute atomic E-state index is 12.2. The minimum atomic E-state index is -1.40. The second kappa shape index (κ2) is 11.0. The third-order valence-corrected chi connectivity index (χ3v) is 6.68. The molecule has 0 bridgehead atoms. The van der Waals surface area contributed by atoms with Gasteiger partial charge in [-0.2, -0.15) is 10.2 Å². The van der Waals surface area contributed by atoms with Crippen LogP contribution in [0.4, 0.5) is 5.95 Å². The normalized spacial score (nSPS) is 23.1. The summed E-state index contributed by atoms with van der Waals surface area (Å²) in [4.78, 5) is 19.7. The summed E-state index contributed by atoms with van der Waals surface area (Å²) in [5.74, 6) is -0.0667. The number of anilines is 1. The molecular formula is C18H31N6O4P. The molecule has 11 heteroatoms. The Hall–Kier alpha value is -1.63. The fourth-order valence-corrected chi connectivity index (χ4v) is 5.07. The van der Waals surface area contributed by atoms with Crippen LogP contribution in [0.25, 0.3) is 0 Å². The van der Waals surface area contributed by atoms with Gasteiger partial charge in [-0.3, -0.25) is 4.57 Å². The van der Waals surface area contributed by atoms with E-state index in [4.69, 9.17) is 24.8 Å². The van der Waals surface area contributed by atoms with E-state index in [-0.39, 0.29) is 30.2 Å². The quantitative estimate of drug-likeness (QED) is 0.443. The van der Waals surface area contributed by atoms with Crippen molar-refractivity contribution in [2.24, 2.45) is 0 Å². The minimum absolute atomic E-state index is 0.0667. The van der Waals surface area contributed by atoms with Gasteiger partial charge < -0.3 is 19.5 Å². The summed E-state index contributed by atoms with van der Waals surface area (Å²) in [6.45, 7) is 10.7. The minimum Gasteiger partial charge on any atom is -0.368 e. The highest BCUT2D eigenvalue weighted by Crippen LogP contribution is 2.50. The van der Waals surface area contributed by atoms with Crippen molar-refractivity contribution in [1.82, 2.24) is 19.2 Å². The highest BCUT2D eigenvalue weighted by Gasteiger charge is 2.40. The molecule has 1 saturated heterocycles. The van der Waals surface area contributed by atoms with E-state index in [0.717, 1.165) is 6.42 Å². The number of hydrogen-bond acceptors (Lipinski definition) is 9. The average molecular weight is 426 g/mol. The summed E-state index contributed by atoms with van der Waals surface area (Å²) in [5, 5.41) is 8.86. The number of nitrogens with zero attached hydrogens (tertiary/aromatic N) is 5. The average Bonchev–Trinajstić information content (AvgIpc) is 3.03. The van der Waals surface area contributed by atoms with Gasteiger partial charge in [-0.05, 0) is 34.1 Å². The Bertz CT molecular complexity index is 745. The number of aromatic nitrogens is 3. The van der Waals surface area contributed by atoms with Crippen LogP contribution < -0.4 is 11.4 Å². The maximum Gasteiger partial charge on any atom is 0.354 e. The van der Waals surface area contributed by atoms with Gasteiger partial charge in [0.2, 0.25) is 5.95 Å². The first-order valence-electron chi connectivity index (χ1n) is 9.89. The van der Waals surface area contributed by atoms with Gasteiger partial charge in [0.15, 0.2) is 0 Å². The lowest BCUT2D eigenvalue weighted by Crippen LogP contribution is -2.35. The molecule has 1 aliphatic rings. The Kier molecular flexibility index (Phi) is 8.93. The van der Waals surface area contributed by atoms with E-state index in [9.17, 15) is 4.79 Å². The van der Waals surface area contributed by atoms with Gasteiger partial charge in [-0.15, -0.1) is 0 Å². The van der Waals surface area contributed by atoms with Gasteiger partial charge in [0, 0.05) is 18.5 Å². The van der Waals surface area contributed by atoms with Crippen molar-refractivity contribution in [3.63, 3.8) is 0 Å². The molecule has 0 aliphatic carbocycles. The number of nitrogen functional groups attached to an aromatic ring is 1. The summed E-state index contributed by atoms with van der Waals surface area (Å²) in [6, 6.07) is 2.50. The largest absolute Gasteiger partial charge is 0.368 e. The van der Waals surface area contributed by atoms with Gasteiger partial charge >= 0.3 is 5.69 Å². The molecule has 4 atom stereocenters. The summed E-state index contributed by atoms with van der Waals surface area (Å²) >= 11 is 0. The first kappa shape index (κ1) is 23.6. The van der Waals surface area contributed by atoms with Gasteiger partial charge in [0.05, 0.1) is 31.3 Å². The molecule has 2 heterocycles. The lowest BCUT2D eigenvalue weighted by Gasteiger charge is -2.37. The van der Waals surface area contributed by atoms with Gasteiger partial charge in [0.1, 0.15) is 12.6 Å². The van der Waals surface area contributed by atoms with E-state index in [1.54, 1.807) is 0 Å². The van der Waals surface area contributed by atoms with Crippen LogP contribution in [-0.4, -0.2) is 50.1 Å². The molecule has 0 saturated carbocycles. The number of ether oxygens (including phenoxy) is 1. The standard InChI is InChI=1S/C18H31N6O4P/c1-6-14-15(10-16(27-14)23-11-21-17(20)22-18(23)25)28-29(26-9-7-8-19)24(12(2)3)13(4)5/h11-16H,6-7,9-10H2,1-5H3,(H2,20,22,25)/t14-,15-,16-,29?/m1/s1. The second-order valence-corrected chi connectivity index (χ2v) is 8.77. The SMILES string of the molecule is CC[C@H]1O[C@@H](n2cnc(N)nc2=O)C[C@H]1OP(OCCC#N)N(C(C)C)C(C)C. The maximum atomic E-state index is 12.2. The van der Waals surface area contributed by atoms with E-state index in [2.05, 4.69) is 48.4 Å². The van der Waals surface area contributed by atoms with Crippen LogP contribution >= 0.6 is 8.53 Å². The molecule has 1 unspecified atom stereocenters. The van der Waals surface area contributed by atoms with Gasteiger partial charge in [-0.25, -0.2) is 14.4 Å². The number of hydrogen-bond donors (Lipinski definition) is 1. The molecule has 29 heavy (non-hydrogen) atoms. The van der Waals surface area contributed by atoms with Crippen LogP contribution in [0.1, 0.15) is 60.1 Å². The van der Waals surface area contributed by atoms with Crippen molar-refractivity contribution in [1.29, 1.82) is 5.26 Å². The molecule has 1 aromatic rings. The highest BCUT2D eigenvalue weighted by atomic mass is 31.2. The van der Waals surface area contributed by atoms with Crippen molar-refractivity contribution < 1.29 is 13.8 Å². The Labute approximate surface area is 172 Å². The van der Waals surface area contributed by atoms with Crippen LogP contribution in [0.2, 0.25) is 0 Å². The number of nitriles is 1. The molecule has 0 radical (unpaired) electrons. The highest BCUT2D eigenvalue weighted by molar-refractivity contribution is 7.44. The topological polar surface area (TPSA) is 129 Å². The van der Waals surface area contributed by atoms with Crippen LogP contribution in [-0.2, 0) is 13.8 Å². The predicted molar refractivity (Wildman–Crippen MR) is 110 cm³/mol. The number of nitrogens with two attached hydrogens (primary N) is 1. The second-order valence-electron chi connectivity index (χ2n) is 7.37. The molecular weight excluding hydrogens is 395 g/mol. The van der Waals surface area contributed by atoms with Crippen molar-refractivity contribution in [3.8, 4) is 6.07 Å². The monoisotopic (exact) mass is 426 g/mol. The van der Waals surface area contributed by atoms with E-state index in [1.807, 2.05) is 6.92 Å². The molecule has 0 aromatic carbocycles. The molecule has 1 aliphatic heterocycles. The van der Waals surface area contributed by atoms with Crippen LogP contribution in [0.3, 0.4) is 0 Å². The summed E-state index contributed by atoms with van der Waals surface area (Å²) < 4.78 is 22.0. The summed E-state index contributed by atoms with van der Waals surface area (Å²) in [5.41, 5.74) is 4.97. The van der Waals surface area contributed by atoms with Crippen molar-refractivity contribution in [3.05, 3.63) is 16.8 Å². The van der Waals surface area contributed by atoms with Crippen LogP contribution in [0, 0.1) is 11.3 Å². The molecule has 162 valence electrons. The van der Waals surface area contributed by atoms with Crippen LogP contribution in [0.5, 0.6) is 0 Å². The molecule has 1 aromatic heterocycles. The lowest BCUT2D eigenvalue weighted by molar-refractivity contribution is -0.0205. The van der Waals surface area contributed by atoms with E-state index >= 15 is 0 Å². The van der Waals surface area contributed by atoms with Crippen molar-refractivity contribution in [2.45, 2.75) is 84.4 Å². The third-order valence-electron chi connectivity index (χ3n) is 4.53. The van der Waals surface area contributed by atoms with E-state index in [0.29, 0.717) is 19.4 Å². The molecule has 10 nitrogen and oxygen atoms in total. The zero-order valence-corrected chi connectivity index (χ0v) is 18.6. The van der Waals surface area contributed by atoms with Crippen molar-refractivity contribution in [2.75, 3.05) is 12.3 Å². The first-order chi connectivity index (χ1) is 13.8. The first-order valence-corrected chi connectivity index (χ1v) is 11.0. The zero-order chi connectivity index (χ0) is 21.6. The number of rotatable bonds is 10. The Morgan fingerprint density at radius 2 is 2.14 bits per heavy atom. The van der Waals surface area contributed by atoms with E-state index in [1.165, 1.54) is 10.9 Å². The third kappa shape index (κ3) is 6.17. The Balaban J connectivity index is 2.19. The molecule has 2 rings (SSSR count). The molecule has 2 N–H and O–H groups in total. The fraction of sp³-hybridized carbons (Fsp3) is 0.778. The van der Waals surface area contributed by atoms with Crippen LogP contribution in [0.15, 0.2) is 11.1 Å². The lowest BCUT2D eigenvalue weighted by atomic mass is 10.1. The predicted octanol–water partition coefficient (Wildman–Crippen LogP) is 2.58.